The molecular formula is C29H38O10. The van der Waals surface area contributed by atoms with Crippen LogP contribution in [0.2, 0.25) is 0 Å². The second-order valence-electron chi connectivity index (χ2n) is 12.9. The number of furan rings is 1. The number of fused-ring (bicyclic) bond motifs is 1. The largest absolute Gasteiger partial charge is 0.472 e. The molecule has 4 aliphatic rings. The number of rotatable bonds is 6. The first kappa shape index (κ1) is 27.8. The van der Waals surface area contributed by atoms with Crippen LogP contribution in [0.15, 0.2) is 23.0 Å². The van der Waals surface area contributed by atoms with E-state index in [1.165, 1.54) is 26.6 Å². The third-order valence-electron chi connectivity index (χ3n) is 10.7. The molecule has 1 aromatic heterocycles. The number of carbonyl (C=O) groups excluding carboxylic acids is 4. The van der Waals surface area contributed by atoms with Crippen LogP contribution in [-0.4, -0.2) is 59.3 Å². The number of Topliss-reactive ketones (excluding diaryl/α,β-unsaturated/α-hetero) is 1. The molecule has 2 saturated heterocycles. The van der Waals surface area contributed by atoms with E-state index in [0.29, 0.717) is 18.4 Å². The Morgan fingerprint density at radius 1 is 1.21 bits per heavy atom. The summed E-state index contributed by atoms with van der Waals surface area (Å²) in [5.41, 5.74) is -4.89. The number of methoxy groups -OCH3 is 1. The summed E-state index contributed by atoms with van der Waals surface area (Å²) in [4.78, 5) is 52.5. The maximum absolute atomic E-state index is 14.4. The minimum Gasteiger partial charge on any atom is -0.472 e. The molecule has 1 aromatic rings. The third-order valence-corrected chi connectivity index (χ3v) is 10.7. The third kappa shape index (κ3) is 3.53. The fourth-order valence-corrected chi connectivity index (χ4v) is 8.94. The highest BCUT2D eigenvalue weighted by molar-refractivity contribution is 5.93. The van der Waals surface area contributed by atoms with E-state index in [1.54, 1.807) is 19.9 Å². The fraction of sp³-hybridized carbons (Fsp3) is 0.724. The quantitative estimate of drug-likeness (QED) is 0.321. The van der Waals surface area contributed by atoms with Crippen molar-refractivity contribution >= 4 is 23.7 Å². The standard InChI is InChI=1S/C29H38O10/c1-15(30)37-20(13-21(32)35-7)27(5)17-8-10-26(4)22(16-9-11-36-14-16)38-24(33)23-29(26,39-23)28(17,6)19(31)12-18(27)25(2,3)34/h9,11,14,17-18,20,22-23,34H,8,10,12-13H2,1-7H3/t17-,18+,20-,22+,23-,26+,27-,28+,29-/m1/s1. The zero-order chi connectivity index (χ0) is 28.8. The van der Waals surface area contributed by atoms with Gasteiger partial charge in [0.1, 0.15) is 23.6 Å². The molecule has 2 aliphatic heterocycles. The van der Waals surface area contributed by atoms with Crippen molar-refractivity contribution in [3.63, 3.8) is 0 Å². The van der Waals surface area contributed by atoms with Crippen LogP contribution in [0.25, 0.3) is 0 Å². The van der Waals surface area contributed by atoms with E-state index < -0.39 is 75.5 Å². The summed E-state index contributed by atoms with van der Waals surface area (Å²) in [5, 5.41) is 11.4. The molecule has 1 N–H and O–H groups in total. The number of hydrogen-bond acceptors (Lipinski definition) is 10. The van der Waals surface area contributed by atoms with Crippen LogP contribution in [0, 0.1) is 28.1 Å². The van der Waals surface area contributed by atoms with Gasteiger partial charge in [-0.1, -0.05) is 13.8 Å². The van der Waals surface area contributed by atoms with Gasteiger partial charge in [0, 0.05) is 35.7 Å². The molecule has 0 radical (unpaired) electrons. The van der Waals surface area contributed by atoms with Crippen LogP contribution < -0.4 is 0 Å². The molecule has 1 spiro atoms. The van der Waals surface area contributed by atoms with Crippen molar-refractivity contribution in [2.24, 2.45) is 28.1 Å². The lowest BCUT2D eigenvalue weighted by Crippen LogP contribution is -2.73. The molecule has 0 unspecified atom stereocenters. The SMILES string of the molecule is COC(=O)C[C@@H](OC(C)=O)[C@]1(C)[C@H]2CC[C@@]3(C)[C@H](c4ccoc4)OC(=O)[C@H]4O[C@]43[C@]2(C)C(=O)C[C@H]1C(C)(C)O. The van der Waals surface area contributed by atoms with E-state index in [9.17, 15) is 24.3 Å². The minimum atomic E-state index is -1.35. The van der Waals surface area contributed by atoms with Crippen molar-refractivity contribution in [2.45, 2.75) is 96.7 Å². The molecule has 214 valence electrons. The summed E-state index contributed by atoms with van der Waals surface area (Å²) in [5.74, 6) is -3.00. The van der Waals surface area contributed by atoms with Gasteiger partial charge in [0.05, 0.1) is 37.1 Å². The molecule has 0 bridgehead atoms. The predicted molar refractivity (Wildman–Crippen MR) is 134 cm³/mol. The molecule has 10 heteroatoms. The van der Waals surface area contributed by atoms with Gasteiger partial charge in [0.15, 0.2) is 6.10 Å². The van der Waals surface area contributed by atoms with E-state index in [2.05, 4.69) is 0 Å². The Balaban J connectivity index is 1.70. The van der Waals surface area contributed by atoms with Gasteiger partial charge in [0.2, 0.25) is 0 Å². The highest BCUT2D eigenvalue weighted by Crippen LogP contribution is 2.78. The summed E-state index contributed by atoms with van der Waals surface area (Å²) in [7, 11) is 1.26. The summed E-state index contributed by atoms with van der Waals surface area (Å²) in [6, 6.07) is 1.75. The van der Waals surface area contributed by atoms with Crippen molar-refractivity contribution < 1.29 is 47.6 Å². The Labute approximate surface area is 227 Å². The number of ether oxygens (including phenoxy) is 4. The smallest absolute Gasteiger partial charge is 0.339 e. The lowest BCUT2D eigenvalue weighted by Gasteiger charge is -2.66. The molecule has 3 heterocycles. The predicted octanol–water partition coefficient (Wildman–Crippen LogP) is 3.30. The second kappa shape index (κ2) is 8.64. The normalized spacial score (nSPS) is 41.8. The lowest BCUT2D eigenvalue weighted by molar-refractivity contribution is -0.240. The topological polar surface area (TPSA) is 142 Å². The van der Waals surface area contributed by atoms with Gasteiger partial charge in [-0.2, -0.15) is 0 Å². The number of ketones is 1. The first-order valence-corrected chi connectivity index (χ1v) is 13.5. The molecule has 39 heavy (non-hydrogen) atoms. The maximum Gasteiger partial charge on any atom is 0.339 e. The highest BCUT2D eigenvalue weighted by atomic mass is 16.7. The van der Waals surface area contributed by atoms with Gasteiger partial charge in [-0.25, -0.2) is 4.79 Å². The Kier molecular flexibility index (Phi) is 6.16. The van der Waals surface area contributed by atoms with Gasteiger partial charge in [0.25, 0.3) is 0 Å². The summed E-state index contributed by atoms with van der Waals surface area (Å²) in [6.07, 6.45) is 1.14. The van der Waals surface area contributed by atoms with Crippen LogP contribution in [-0.2, 0) is 38.1 Å². The molecule has 2 saturated carbocycles. The van der Waals surface area contributed by atoms with Crippen LogP contribution in [0.5, 0.6) is 0 Å². The first-order valence-electron chi connectivity index (χ1n) is 13.5. The van der Waals surface area contributed by atoms with E-state index in [1.807, 2.05) is 20.8 Å². The molecular weight excluding hydrogens is 508 g/mol. The number of hydrogen-bond donors (Lipinski definition) is 1. The van der Waals surface area contributed by atoms with Crippen molar-refractivity contribution in [2.75, 3.05) is 7.11 Å². The molecule has 4 fully saturated rings. The number of cyclic esters (lactones) is 1. The van der Waals surface area contributed by atoms with E-state index in [0.717, 1.165) is 0 Å². The molecule has 2 aliphatic carbocycles. The van der Waals surface area contributed by atoms with Crippen molar-refractivity contribution in [3.05, 3.63) is 24.2 Å². The number of esters is 3. The van der Waals surface area contributed by atoms with Crippen LogP contribution in [0.4, 0.5) is 0 Å². The zero-order valence-electron chi connectivity index (χ0n) is 23.6. The number of aliphatic hydroxyl groups is 1. The van der Waals surface area contributed by atoms with Crippen molar-refractivity contribution in [3.8, 4) is 0 Å². The Morgan fingerprint density at radius 2 is 1.90 bits per heavy atom. The van der Waals surface area contributed by atoms with Crippen LogP contribution >= 0.6 is 0 Å². The van der Waals surface area contributed by atoms with Crippen LogP contribution in [0.1, 0.15) is 78.9 Å². The second-order valence-corrected chi connectivity index (χ2v) is 12.9. The average Bonchev–Trinajstić information content (AvgIpc) is 3.42. The van der Waals surface area contributed by atoms with Crippen molar-refractivity contribution in [1.29, 1.82) is 0 Å². The van der Waals surface area contributed by atoms with E-state index in [4.69, 9.17) is 23.4 Å². The lowest BCUT2D eigenvalue weighted by atomic mass is 9.37. The van der Waals surface area contributed by atoms with Gasteiger partial charge < -0.3 is 28.5 Å². The van der Waals surface area contributed by atoms with E-state index >= 15 is 0 Å². The molecule has 0 aromatic carbocycles. The number of carbonyl (C=O) groups is 4. The first-order chi connectivity index (χ1) is 18.1. The Hall–Kier alpha value is -2.72. The van der Waals surface area contributed by atoms with Gasteiger partial charge >= 0.3 is 17.9 Å². The van der Waals surface area contributed by atoms with Gasteiger partial charge in [-0.05, 0) is 45.6 Å². The minimum absolute atomic E-state index is 0.0503. The summed E-state index contributed by atoms with van der Waals surface area (Å²) < 4.78 is 28.3. The monoisotopic (exact) mass is 546 g/mol. The van der Waals surface area contributed by atoms with Crippen LogP contribution in [0.3, 0.4) is 0 Å². The number of epoxide rings is 1. The van der Waals surface area contributed by atoms with Crippen molar-refractivity contribution in [1.82, 2.24) is 0 Å². The van der Waals surface area contributed by atoms with Gasteiger partial charge in [-0.15, -0.1) is 0 Å². The molecule has 5 rings (SSSR count). The van der Waals surface area contributed by atoms with E-state index in [-0.39, 0.29) is 18.6 Å². The Morgan fingerprint density at radius 3 is 2.46 bits per heavy atom. The van der Waals surface area contributed by atoms with Gasteiger partial charge in [-0.3, -0.25) is 14.4 Å². The average molecular weight is 547 g/mol. The summed E-state index contributed by atoms with van der Waals surface area (Å²) in [6.45, 7) is 10.2. The molecule has 9 atom stereocenters. The highest BCUT2D eigenvalue weighted by Gasteiger charge is 2.88. The summed E-state index contributed by atoms with van der Waals surface area (Å²) >= 11 is 0. The maximum atomic E-state index is 14.4. The zero-order valence-corrected chi connectivity index (χ0v) is 23.6. The molecule has 10 nitrogen and oxygen atoms in total. The Bertz CT molecular complexity index is 1200. The molecule has 0 amide bonds. The fourth-order valence-electron chi connectivity index (χ4n) is 8.94.